The predicted molar refractivity (Wildman–Crippen MR) is 198 cm³/mol. The molecule has 2 heterocycles. The molecule has 3 rings (SSSR count). The van der Waals surface area contributed by atoms with Crippen LogP contribution < -0.4 is 4.74 Å². The van der Waals surface area contributed by atoms with Crippen molar-refractivity contribution in [2.24, 2.45) is 11.8 Å². The summed E-state index contributed by atoms with van der Waals surface area (Å²) in [7, 11) is 1.81. The summed E-state index contributed by atoms with van der Waals surface area (Å²) in [6.45, 7) is 16.7. The number of thioether (sulfide) groups is 2. The zero-order valence-corrected chi connectivity index (χ0v) is 33.1. The minimum atomic E-state index is -0.591. The fourth-order valence-corrected chi connectivity index (χ4v) is 8.99. The SMILES string of the molecule is CS[C@H]([C@@H](C)C(=O)Oc1cccc(CCN(C)C(=O)[C@H](C)[C@@H](SC)[C@@H]2CCCN2C(=O)OC(C)(C)C)c1)[C@@H]1CCCN1C(=O)OC(C)(C)C. The molecule has 10 nitrogen and oxygen atoms in total. The molecule has 0 spiro atoms. The molecule has 2 saturated heterocycles. The van der Waals surface area contributed by atoms with E-state index >= 15 is 0 Å². The van der Waals surface area contributed by atoms with Gasteiger partial charge in [-0.2, -0.15) is 23.5 Å². The Morgan fingerprint density at radius 1 is 0.837 bits per heavy atom. The average Bonchev–Trinajstić information content (AvgIpc) is 3.69. The molecule has 3 amide bonds. The van der Waals surface area contributed by atoms with E-state index in [9.17, 15) is 19.2 Å². The van der Waals surface area contributed by atoms with Crippen molar-refractivity contribution in [1.82, 2.24) is 14.7 Å². The number of nitrogens with zero attached hydrogens (tertiary/aromatic N) is 3. The highest BCUT2D eigenvalue weighted by Gasteiger charge is 2.42. The van der Waals surface area contributed by atoms with E-state index in [0.29, 0.717) is 31.8 Å². The van der Waals surface area contributed by atoms with Crippen LogP contribution in [0.4, 0.5) is 9.59 Å². The Morgan fingerprint density at radius 2 is 1.33 bits per heavy atom. The van der Waals surface area contributed by atoms with Crippen LogP contribution in [0.3, 0.4) is 0 Å². The fraction of sp³-hybridized carbons (Fsp3) is 0.730. The number of esters is 1. The number of amides is 3. The van der Waals surface area contributed by atoms with Gasteiger partial charge in [0.2, 0.25) is 5.91 Å². The molecule has 276 valence electrons. The fourth-order valence-electron chi connectivity index (χ4n) is 6.75. The molecule has 0 aromatic heterocycles. The highest BCUT2D eigenvalue weighted by Crippen LogP contribution is 2.35. The molecule has 0 aliphatic carbocycles. The van der Waals surface area contributed by atoms with E-state index in [-0.39, 0.29) is 52.6 Å². The number of benzene rings is 1. The minimum Gasteiger partial charge on any atom is -0.444 e. The molecule has 49 heavy (non-hydrogen) atoms. The Balaban J connectivity index is 1.59. The Hall–Kier alpha value is -2.60. The van der Waals surface area contributed by atoms with Gasteiger partial charge >= 0.3 is 18.2 Å². The molecule has 6 atom stereocenters. The number of ether oxygens (including phenoxy) is 3. The Morgan fingerprint density at radius 3 is 1.80 bits per heavy atom. The van der Waals surface area contributed by atoms with Crippen LogP contribution >= 0.6 is 23.5 Å². The monoisotopic (exact) mass is 721 g/mol. The molecule has 0 saturated carbocycles. The summed E-state index contributed by atoms with van der Waals surface area (Å²) in [6, 6.07) is 7.26. The number of hydrogen-bond donors (Lipinski definition) is 0. The number of likely N-dealkylation sites (tertiary alicyclic amines) is 2. The van der Waals surface area contributed by atoms with Crippen molar-refractivity contribution in [3.05, 3.63) is 29.8 Å². The first-order chi connectivity index (χ1) is 22.9. The van der Waals surface area contributed by atoms with Crippen LogP contribution in [0.1, 0.15) is 86.6 Å². The molecule has 12 heteroatoms. The highest BCUT2D eigenvalue weighted by molar-refractivity contribution is 7.99. The zero-order valence-electron chi connectivity index (χ0n) is 31.4. The third-order valence-corrected chi connectivity index (χ3v) is 11.7. The zero-order chi connectivity index (χ0) is 36.7. The van der Waals surface area contributed by atoms with E-state index in [1.54, 1.807) is 44.3 Å². The van der Waals surface area contributed by atoms with Crippen LogP contribution in [0.25, 0.3) is 0 Å². The first-order valence-corrected chi connectivity index (χ1v) is 20.0. The Kier molecular flexibility index (Phi) is 14.6. The van der Waals surface area contributed by atoms with Gasteiger partial charge in [0, 0.05) is 55.2 Å². The summed E-state index contributed by atoms with van der Waals surface area (Å²) in [5.74, 6) is -0.603. The van der Waals surface area contributed by atoms with E-state index in [1.165, 1.54) is 0 Å². The number of carbonyl (C=O) groups is 4. The number of rotatable bonds is 12. The lowest BCUT2D eigenvalue weighted by atomic mass is 9.97. The molecular weight excluding hydrogens is 663 g/mol. The molecule has 2 aliphatic heterocycles. The van der Waals surface area contributed by atoms with Crippen molar-refractivity contribution in [3.63, 3.8) is 0 Å². The van der Waals surface area contributed by atoms with Crippen LogP contribution in [-0.4, -0.2) is 112 Å². The van der Waals surface area contributed by atoms with Crippen molar-refractivity contribution in [2.75, 3.05) is 39.2 Å². The van der Waals surface area contributed by atoms with E-state index in [2.05, 4.69) is 0 Å². The predicted octanol–water partition coefficient (Wildman–Crippen LogP) is 7.13. The normalized spacial score (nSPS) is 20.7. The molecule has 2 fully saturated rings. The average molecular weight is 722 g/mol. The number of hydrogen-bond acceptors (Lipinski definition) is 9. The van der Waals surface area contributed by atoms with Gasteiger partial charge in [0.05, 0.1) is 5.92 Å². The minimum absolute atomic E-state index is 0.0299. The van der Waals surface area contributed by atoms with Crippen molar-refractivity contribution in [3.8, 4) is 5.75 Å². The number of likely N-dealkylation sites (N-methyl/N-ethyl adjacent to an activating group) is 1. The van der Waals surface area contributed by atoms with Crippen LogP contribution in [0.5, 0.6) is 5.75 Å². The van der Waals surface area contributed by atoms with Crippen molar-refractivity contribution in [2.45, 2.75) is 121 Å². The quantitative estimate of drug-likeness (QED) is 0.165. The molecule has 2 aliphatic rings. The second kappa shape index (κ2) is 17.6. The molecule has 0 radical (unpaired) electrons. The largest absolute Gasteiger partial charge is 0.444 e. The first kappa shape index (κ1) is 40.8. The van der Waals surface area contributed by atoms with Crippen molar-refractivity contribution >= 4 is 47.6 Å². The summed E-state index contributed by atoms with van der Waals surface area (Å²) in [4.78, 5) is 58.2. The standard InChI is InChI=1S/C37H59N3O7S2/c1-24(30(48-10)28-17-13-20-39(28)34(43)46-36(3,4)5)32(41)38(9)22-19-26-15-12-16-27(23-26)45-33(42)25(2)31(49-11)29-18-14-21-40(29)35(44)47-37(6,7)8/h12,15-16,23-25,28-31H,13-14,17-22H2,1-11H3/t24-,25-,28+,29+,30-,31-/m1/s1. The molecule has 1 aromatic carbocycles. The summed E-state index contributed by atoms with van der Waals surface area (Å²) in [5.41, 5.74) is -0.217. The molecular formula is C37H59N3O7S2. The first-order valence-electron chi connectivity index (χ1n) is 17.5. The number of carbonyl (C=O) groups excluding carboxylic acids is 4. The van der Waals surface area contributed by atoms with Crippen LogP contribution in [-0.2, 0) is 25.5 Å². The van der Waals surface area contributed by atoms with Gasteiger partial charge < -0.3 is 28.9 Å². The van der Waals surface area contributed by atoms with E-state index in [1.807, 2.05) is 93.1 Å². The summed E-state index contributed by atoms with van der Waals surface area (Å²) in [5, 5.41) is -0.196. The van der Waals surface area contributed by atoms with Crippen LogP contribution in [0.2, 0.25) is 0 Å². The second-order valence-electron chi connectivity index (χ2n) is 15.3. The van der Waals surface area contributed by atoms with Gasteiger partial charge in [0.1, 0.15) is 17.0 Å². The van der Waals surface area contributed by atoms with Gasteiger partial charge in [-0.3, -0.25) is 9.59 Å². The van der Waals surface area contributed by atoms with E-state index < -0.39 is 17.1 Å². The van der Waals surface area contributed by atoms with Gasteiger partial charge in [-0.1, -0.05) is 26.0 Å². The highest BCUT2D eigenvalue weighted by atomic mass is 32.2. The Labute approximate surface area is 302 Å². The maximum Gasteiger partial charge on any atom is 0.410 e. The smallest absolute Gasteiger partial charge is 0.410 e. The third-order valence-electron chi connectivity index (χ3n) is 9.13. The summed E-state index contributed by atoms with van der Waals surface area (Å²) in [6.07, 6.45) is 7.30. The lowest BCUT2D eigenvalue weighted by molar-refractivity contribution is -0.138. The maximum atomic E-state index is 13.6. The van der Waals surface area contributed by atoms with Crippen molar-refractivity contribution in [1.29, 1.82) is 0 Å². The maximum absolute atomic E-state index is 13.6. The summed E-state index contributed by atoms with van der Waals surface area (Å²) >= 11 is 3.20. The van der Waals surface area contributed by atoms with Gasteiger partial charge in [-0.05, 0) is 104 Å². The van der Waals surface area contributed by atoms with Gasteiger partial charge in [-0.15, -0.1) is 0 Å². The van der Waals surface area contributed by atoms with Crippen LogP contribution in [0.15, 0.2) is 24.3 Å². The molecule has 1 aromatic rings. The lowest BCUT2D eigenvalue weighted by Gasteiger charge is -2.35. The van der Waals surface area contributed by atoms with Gasteiger partial charge in [-0.25, -0.2) is 9.59 Å². The molecule has 0 N–H and O–H groups in total. The summed E-state index contributed by atoms with van der Waals surface area (Å²) < 4.78 is 17.2. The van der Waals surface area contributed by atoms with Gasteiger partial charge in [0.15, 0.2) is 0 Å². The lowest BCUT2D eigenvalue weighted by Crippen LogP contribution is -2.49. The Bertz CT molecular complexity index is 1300. The van der Waals surface area contributed by atoms with Crippen molar-refractivity contribution < 1.29 is 33.4 Å². The second-order valence-corrected chi connectivity index (χ2v) is 17.4. The van der Waals surface area contributed by atoms with E-state index in [4.69, 9.17) is 14.2 Å². The third kappa shape index (κ3) is 11.5. The topological polar surface area (TPSA) is 106 Å². The van der Waals surface area contributed by atoms with Gasteiger partial charge in [0.25, 0.3) is 0 Å². The van der Waals surface area contributed by atoms with Crippen LogP contribution in [0, 0.1) is 11.8 Å². The molecule has 0 bridgehead atoms. The molecule has 0 unspecified atom stereocenters. The van der Waals surface area contributed by atoms with E-state index in [0.717, 1.165) is 31.2 Å².